The summed E-state index contributed by atoms with van der Waals surface area (Å²) in [6, 6.07) is 8.39. The molecule has 1 heterocycles. The summed E-state index contributed by atoms with van der Waals surface area (Å²) in [5, 5.41) is 18.4. The van der Waals surface area contributed by atoms with Crippen LogP contribution in [0.3, 0.4) is 0 Å². The summed E-state index contributed by atoms with van der Waals surface area (Å²) in [5.74, 6) is 0. The number of aliphatic hydroxyl groups excluding tert-OH is 2. The highest BCUT2D eigenvalue weighted by Gasteiger charge is 2.22. The quantitative estimate of drug-likeness (QED) is 0.802. The van der Waals surface area contributed by atoms with Crippen molar-refractivity contribution in [2.24, 2.45) is 0 Å². The summed E-state index contributed by atoms with van der Waals surface area (Å²) in [6.45, 7) is 1.21. The molecule has 2 N–H and O–H groups in total. The molecule has 3 nitrogen and oxygen atoms in total. The van der Waals surface area contributed by atoms with Gasteiger partial charge in [0.05, 0.1) is 12.6 Å². The molecule has 1 aromatic rings. The van der Waals surface area contributed by atoms with Gasteiger partial charge in [-0.1, -0.05) is 18.2 Å². The number of aliphatic hydroxyl groups is 2. The molecule has 1 unspecified atom stereocenters. The zero-order valence-electron chi connectivity index (χ0n) is 9.47. The summed E-state index contributed by atoms with van der Waals surface area (Å²) in [5.41, 5.74) is 2.58. The van der Waals surface area contributed by atoms with Crippen LogP contribution in [-0.4, -0.2) is 36.0 Å². The van der Waals surface area contributed by atoms with E-state index in [2.05, 4.69) is 23.1 Å². The molecule has 0 spiro atoms. The van der Waals surface area contributed by atoms with Gasteiger partial charge >= 0.3 is 0 Å². The topological polar surface area (TPSA) is 43.7 Å². The summed E-state index contributed by atoms with van der Waals surface area (Å²) in [4.78, 5) is 2.23. The molecule has 0 radical (unpaired) electrons. The largest absolute Gasteiger partial charge is 0.396 e. The third kappa shape index (κ3) is 2.20. The van der Waals surface area contributed by atoms with Crippen molar-refractivity contribution >= 4 is 5.69 Å². The third-order valence-electron chi connectivity index (χ3n) is 3.26. The van der Waals surface area contributed by atoms with E-state index in [9.17, 15) is 5.11 Å². The molecule has 0 amide bonds. The van der Waals surface area contributed by atoms with Gasteiger partial charge in [0.15, 0.2) is 0 Å². The summed E-state index contributed by atoms with van der Waals surface area (Å²) >= 11 is 0. The molecule has 3 heteroatoms. The van der Waals surface area contributed by atoms with E-state index in [0.717, 1.165) is 19.4 Å². The molecule has 2 rings (SSSR count). The molecule has 0 aliphatic carbocycles. The predicted molar refractivity (Wildman–Crippen MR) is 64.7 cm³/mol. The minimum Gasteiger partial charge on any atom is -0.396 e. The van der Waals surface area contributed by atoms with Gasteiger partial charge in [-0.2, -0.15) is 0 Å². The highest BCUT2D eigenvalue weighted by molar-refractivity contribution is 5.56. The molecule has 1 atom stereocenters. The van der Waals surface area contributed by atoms with Crippen molar-refractivity contribution < 1.29 is 10.2 Å². The number of fused-ring (bicyclic) bond motifs is 1. The standard InChI is InChI=1S/C13H19NO2/c15-9-7-12(10-16)14-8-3-5-11-4-1-2-6-13(11)14/h1-2,4,6,12,15-16H,3,5,7-10H2. The maximum atomic E-state index is 9.38. The first-order valence-corrected chi connectivity index (χ1v) is 5.93. The van der Waals surface area contributed by atoms with E-state index in [1.54, 1.807) is 0 Å². The number of rotatable bonds is 4. The van der Waals surface area contributed by atoms with E-state index in [-0.39, 0.29) is 19.3 Å². The van der Waals surface area contributed by atoms with Crippen molar-refractivity contribution in [3.8, 4) is 0 Å². The van der Waals surface area contributed by atoms with Crippen molar-refractivity contribution in [1.82, 2.24) is 0 Å². The van der Waals surface area contributed by atoms with Gasteiger partial charge in [-0.05, 0) is 30.9 Å². The Hall–Kier alpha value is -1.06. The fourth-order valence-corrected chi connectivity index (χ4v) is 2.44. The molecule has 1 aromatic carbocycles. The maximum absolute atomic E-state index is 9.38. The Balaban J connectivity index is 2.23. The highest BCUT2D eigenvalue weighted by atomic mass is 16.3. The van der Waals surface area contributed by atoms with Crippen molar-refractivity contribution in [3.05, 3.63) is 29.8 Å². The van der Waals surface area contributed by atoms with Crippen LogP contribution in [-0.2, 0) is 6.42 Å². The Morgan fingerprint density at radius 2 is 2.06 bits per heavy atom. The van der Waals surface area contributed by atoms with Crippen LogP contribution in [0.1, 0.15) is 18.4 Å². The molecule has 0 aromatic heterocycles. The zero-order valence-corrected chi connectivity index (χ0v) is 9.47. The molecule has 0 fully saturated rings. The molecule has 0 saturated heterocycles. The lowest BCUT2D eigenvalue weighted by atomic mass is 9.99. The van der Waals surface area contributed by atoms with Gasteiger partial charge in [-0.3, -0.25) is 0 Å². The third-order valence-corrected chi connectivity index (χ3v) is 3.26. The number of para-hydroxylation sites is 1. The lowest BCUT2D eigenvalue weighted by Crippen LogP contribution is -2.41. The second-order valence-corrected chi connectivity index (χ2v) is 4.27. The first-order chi connectivity index (χ1) is 7.86. The van der Waals surface area contributed by atoms with Crippen molar-refractivity contribution in [2.75, 3.05) is 24.7 Å². The molecular formula is C13H19NO2. The molecule has 1 aliphatic rings. The Kier molecular flexibility index (Phi) is 3.80. The number of nitrogens with zero attached hydrogens (tertiary/aromatic N) is 1. The van der Waals surface area contributed by atoms with E-state index in [1.807, 2.05) is 6.07 Å². The number of hydrogen-bond acceptors (Lipinski definition) is 3. The minimum atomic E-state index is 0.0476. The highest BCUT2D eigenvalue weighted by Crippen LogP contribution is 2.28. The first kappa shape index (κ1) is 11.4. The first-order valence-electron chi connectivity index (χ1n) is 5.93. The van der Waals surface area contributed by atoms with E-state index in [1.165, 1.54) is 11.3 Å². The molecule has 0 bridgehead atoms. The van der Waals surface area contributed by atoms with Gasteiger partial charge in [0, 0.05) is 18.8 Å². The number of anilines is 1. The molecule has 1 aliphatic heterocycles. The Labute approximate surface area is 96.3 Å². The number of benzene rings is 1. The fourth-order valence-electron chi connectivity index (χ4n) is 2.44. The summed E-state index contributed by atoms with van der Waals surface area (Å²) < 4.78 is 0. The van der Waals surface area contributed by atoms with Crippen LogP contribution >= 0.6 is 0 Å². The van der Waals surface area contributed by atoms with Gasteiger partial charge < -0.3 is 15.1 Å². The monoisotopic (exact) mass is 221 g/mol. The second kappa shape index (κ2) is 5.32. The van der Waals surface area contributed by atoms with Gasteiger partial charge in [0.2, 0.25) is 0 Å². The van der Waals surface area contributed by atoms with Crippen LogP contribution in [0.4, 0.5) is 5.69 Å². The van der Waals surface area contributed by atoms with E-state index < -0.39 is 0 Å². The molecular weight excluding hydrogens is 202 g/mol. The number of aryl methyl sites for hydroxylation is 1. The Morgan fingerprint density at radius 3 is 2.81 bits per heavy atom. The van der Waals surface area contributed by atoms with Crippen LogP contribution in [0, 0.1) is 0 Å². The van der Waals surface area contributed by atoms with Crippen LogP contribution in [0.25, 0.3) is 0 Å². The van der Waals surface area contributed by atoms with Crippen LogP contribution in [0.5, 0.6) is 0 Å². The zero-order chi connectivity index (χ0) is 11.4. The number of hydrogen-bond donors (Lipinski definition) is 2. The smallest absolute Gasteiger partial charge is 0.0635 e. The molecule has 88 valence electrons. The Morgan fingerprint density at radius 1 is 1.25 bits per heavy atom. The van der Waals surface area contributed by atoms with Crippen molar-refractivity contribution in [2.45, 2.75) is 25.3 Å². The van der Waals surface area contributed by atoms with E-state index >= 15 is 0 Å². The predicted octanol–water partition coefficient (Wildman–Crippen LogP) is 1.18. The van der Waals surface area contributed by atoms with Gasteiger partial charge in [0.1, 0.15) is 0 Å². The Bertz CT molecular complexity index is 340. The summed E-state index contributed by atoms with van der Waals surface area (Å²) in [6.07, 6.45) is 2.87. The van der Waals surface area contributed by atoms with Crippen LogP contribution in [0.2, 0.25) is 0 Å². The van der Waals surface area contributed by atoms with E-state index in [0.29, 0.717) is 6.42 Å². The normalized spacial score (nSPS) is 17.0. The van der Waals surface area contributed by atoms with E-state index in [4.69, 9.17) is 5.11 Å². The van der Waals surface area contributed by atoms with Gasteiger partial charge in [-0.25, -0.2) is 0 Å². The lowest BCUT2D eigenvalue weighted by Gasteiger charge is -2.37. The second-order valence-electron chi connectivity index (χ2n) is 4.27. The fraction of sp³-hybridized carbons (Fsp3) is 0.538. The van der Waals surface area contributed by atoms with Crippen LogP contribution < -0.4 is 4.90 Å². The molecule has 16 heavy (non-hydrogen) atoms. The SMILES string of the molecule is OCCC(CO)N1CCCc2ccccc21. The van der Waals surface area contributed by atoms with Crippen LogP contribution in [0.15, 0.2) is 24.3 Å². The molecule has 0 saturated carbocycles. The van der Waals surface area contributed by atoms with Gasteiger partial charge in [0.25, 0.3) is 0 Å². The van der Waals surface area contributed by atoms with Gasteiger partial charge in [-0.15, -0.1) is 0 Å². The maximum Gasteiger partial charge on any atom is 0.0635 e. The van der Waals surface area contributed by atoms with Crippen molar-refractivity contribution in [3.63, 3.8) is 0 Å². The lowest BCUT2D eigenvalue weighted by molar-refractivity contribution is 0.214. The minimum absolute atomic E-state index is 0.0476. The average Bonchev–Trinajstić information content (AvgIpc) is 2.35. The average molecular weight is 221 g/mol. The van der Waals surface area contributed by atoms with Crippen molar-refractivity contribution in [1.29, 1.82) is 0 Å². The summed E-state index contributed by atoms with van der Waals surface area (Å²) in [7, 11) is 0.